The van der Waals surface area contributed by atoms with Gasteiger partial charge < -0.3 is 19.7 Å². The van der Waals surface area contributed by atoms with E-state index < -0.39 is 0 Å². The number of fused-ring (bicyclic) bond motifs is 3. The molecular weight excluding hydrogens is 268 g/mol. The van der Waals surface area contributed by atoms with E-state index in [9.17, 15) is 0 Å². The van der Waals surface area contributed by atoms with Crippen molar-refractivity contribution in [3.8, 4) is 22.6 Å². The molecule has 0 atom stereocenters. The van der Waals surface area contributed by atoms with Crippen LogP contribution in [0.1, 0.15) is 11.1 Å². The van der Waals surface area contributed by atoms with Gasteiger partial charge in [-0.3, -0.25) is 0 Å². The standard InChI is InChI=1S/C17H18O4/c18-5-7-20-14-1-3-16-12(10-14)9-13-11-15(21-8-6-19)2-4-17(13)16/h1-4,10-11,18-19H,5-9H2. The van der Waals surface area contributed by atoms with E-state index in [1.54, 1.807) is 0 Å². The molecule has 2 aromatic carbocycles. The van der Waals surface area contributed by atoms with Gasteiger partial charge in [-0.2, -0.15) is 0 Å². The molecule has 2 aromatic rings. The summed E-state index contributed by atoms with van der Waals surface area (Å²) in [6, 6.07) is 12.0. The summed E-state index contributed by atoms with van der Waals surface area (Å²) in [7, 11) is 0. The molecule has 0 unspecified atom stereocenters. The molecule has 3 rings (SSSR count). The highest BCUT2D eigenvalue weighted by Crippen LogP contribution is 2.39. The quantitative estimate of drug-likeness (QED) is 0.727. The van der Waals surface area contributed by atoms with Crippen LogP contribution in [0.25, 0.3) is 11.1 Å². The van der Waals surface area contributed by atoms with Crippen LogP contribution in [0.3, 0.4) is 0 Å². The highest BCUT2D eigenvalue weighted by atomic mass is 16.5. The molecule has 0 aromatic heterocycles. The predicted octanol–water partition coefficient (Wildman–Crippen LogP) is 2.00. The Kier molecular flexibility index (Phi) is 4.08. The van der Waals surface area contributed by atoms with Gasteiger partial charge in [0.2, 0.25) is 0 Å². The summed E-state index contributed by atoms with van der Waals surface area (Å²) in [5.41, 5.74) is 4.88. The topological polar surface area (TPSA) is 58.9 Å². The molecule has 0 amide bonds. The zero-order chi connectivity index (χ0) is 14.7. The molecule has 110 valence electrons. The van der Waals surface area contributed by atoms with Crippen LogP contribution in [-0.2, 0) is 6.42 Å². The van der Waals surface area contributed by atoms with Crippen molar-refractivity contribution in [1.29, 1.82) is 0 Å². The molecule has 0 aliphatic heterocycles. The molecule has 0 saturated carbocycles. The Morgan fingerprint density at radius 1 is 0.762 bits per heavy atom. The van der Waals surface area contributed by atoms with Gasteiger partial charge >= 0.3 is 0 Å². The molecule has 0 radical (unpaired) electrons. The van der Waals surface area contributed by atoms with Gasteiger partial charge in [0.05, 0.1) is 13.2 Å². The largest absolute Gasteiger partial charge is 0.491 e. The highest BCUT2D eigenvalue weighted by molar-refractivity contribution is 5.78. The fraction of sp³-hybridized carbons (Fsp3) is 0.294. The maximum Gasteiger partial charge on any atom is 0.119 e. The van der Waals surface area contributed by atoms with E-state index in [4.69, 9.17) is 19.7 Å². The summed E-state index contributed by atoms with van der Waals surface area (Å²) in [6.07, 6.45) is 0.845. The normalized spacial score (nSPS) is 11.9. The average Bonchev–Trinajstić information content (AvgIpc) is 2.87. The van der Waals surface area contributed by atoms with Gasteiger partial charge in [-0.05, 0) is 52.9 Å². The maximum atomic E-state index is 8.81. The Balaban J connectivity index is 1.83. The van der Waals surface area contributed by atoms with Crippen LogP contribution in [0.5, 0.6) is 11.5 Å². The van der Waals surface area contributed by atoms with Crippen LogP contribution in [0.15, 0.2) is 36.4 Å². The minimum Gasteiger partial charge on any atom is -0.491 e. The van der Waals surface area contributed by atoms with Crippen molar-refractivity contribution < 1.29 is 19.7 Å². The molecule has 2 N–H and O–H groups in total. The van der Waals surface area contributed by atoms with Gasteiger partial charge in [-0.1, -0.05) is 12.1 Å². The van der Waals surface area contributed by atoms with Gasteiger partial charge in [0.1, 0.15) is 24.7 Å². The summed E-state index contributed by atoms with van der Waals surface area (Å²) >= 11 is 0. The number of benzene rings is 2. The molecule has 21 heavy (non-hydrogen) atoms. The molecule has 4 heteroatoms. The van der Waals surface area contributed by atoms with Crippen LogP contribution < -0.4 is 9.47 Å². The Bertz CT molecular complexity index is 581. The first-order valence-electron chi connectivity index (χ1n) is 7.05. The van der Waals surface area contributed by atoms with Crippen molar-refractivity contribution in [3.05, 3.63) is 47.5 Å². The predicted molar refractivity (Wildman–Crippen MR) is 79.8 cm³/mol. The lowest BCUT2D eigenvalue weighted by molar-refractivity contribution is 0.201. The summed E-state index contributed by atoms with van der Waals surface area (Å²) in [5.74, 6) is 1.57. The third kappa shape index (κ3) is 2.86. The van der Waals surface area contributed by atoms with Gasteiger partial charge in [0.25, 0.3) is 0 Å². The van der Waals surface area contributed by atoms with Crippen LogP contribution in [0, 0.1) is 0 Å². The molecule has 0 fully saturated rings. The lowest BCUT2D eigenvalue weighted by Crippen LogP contribution is -2.01. The Morgan fingerprint density at radius 2 is 1.24 bits per heavy atom. The number of aliphatic hydroxyl groups is 2. The van der Waals surface area contributed by atoms with Gasteiger partial charge in [0.15, 0.2) is 0 Å². The van der Waals surface area contributed by atoms with Crippen molar-refractivity contribution >= 4 is 0 Å². The maximum absolute atomic E-state index is 8.81. The van der Waals surface area contributed by atoms with Crippen LogP contribution in [0.4, 0.5) is 0 Å². The van der Waals surface area contributed by atoms with E-state index in [2.05, 4.69) is 12.1 Å². The molecule has 4 nitrogen and oxygen atoms in total. The number of hydrogen-bond donors (Lipinski definition) is 2. The summed E-state index contributed by atoms with van der Waals surface area (Å²) in [5, 5.41) is 17.6. The van der Waals surface area contributed by atoms with Gasteiger partial charge in [-0.25, -0.2) is 0 Å². The zero-order valence-electron chi connectivity index (χ0n) is 11.7. The molecule has 1 aliphatic rings. The number of ether oxygens (including phenoxy) is 2. The molecule has 0 saturated heterocycles. The van der Waals surface area contributed by atoms with Crippen molar-refractivity contribution in [2.24, 2.45) is 0 Å². The van der Waals surface area contributed by atoms with Crippen LogP contribution in [-0.4, -0.2) is 36.6 Å². The first-order valence-corrected chi connectivity index (χ1v) is 7.05. The smallest absolute Gasteiger partial charge is 0.119 e. The second kappa shape index (κ2) is 6.16. The fourth-order valence-electron chi connectivity index (χ4n) is 2.67. The third-order valence-electron chi connectivity index (χ3n) is 3.54. The third-order valence-corrected chi connectivity index (χ3v) is 3.54. The highest BCUT2D eigenvalue weighted by Gasteiger charge is 2.19. The van der Waals surface area contributed by atoms with Gasteiger partial charge in [0, 0.05) is 0 Å². The monoisotopic (exact) mass is 286 g/mol. The molecule has 0 spiro atoms. The molecule has 0 bridgehead atoms. The first kappa shape index (κ1) is 13.9. The fourth-order valence-corrected chi connectivity index (χ4v) is 2.67. The SMILES string of the molecule is OCCOc1ccc2c(c1)Cc1cc(OCCO)ccc1-2. The van der Waals surface area contributed by atoms with E-state index in [0.29, 0.717) is 13.2 Å². The number of rotatable bonds is 6. The van der Waals surface area contributed by atoms with E-state index in [1.165, 1.54) is 22.3 Å². The van der Waals surface area contributed by atoms with E-state index in [0.717, 1.165) is 17.9 Å². The number of hydrogen-bond acceptors (Lipinski definition) is 4. The van der Waals surface area contributed by atoms with E-state index >= 15 is 0 Å². The summed E-state index contributed by atoms with van der Waals surface area (Å²) in [6.45, 7) is 0.654. The van der Waals surface area contributed by atoms with Crippen molar-refractivity contribution in [2.45, 2.75) is 6.42 Å². The van der Waals surface area contributed by atoms with Crippen LogP contribution >= 0.6 is 0 Å². The minimum absolute atomic E-state index is 0.0167. The molecule has 1 aliphatic carbocycles. The Labute approximate surface area is 123 Å². The second-order valence-corrected chi connectivity index (χ2v) is 4.96. The lowest BCUT2D eigenvalue weighted by atomic mass is 10.1. The van der Waals surface area contributed by atoms with Crippen molar-refractivity contribution in [3.63, 3.8) is 0 Å². The Morgan fingerprint density at radius 3 is 1.67 bits per heavy atom. The number of aliphatic hydroxyl groups excluding tert-OH is 2. The zero-order valence-corrected chi connectivity index (χ0v) is 11.7. The van der Waals surface area contributed by atoms with Gasteiger partial charge in [-0.15, -0.1) is 0 Å². The molecule has 0 heterocycles. The van der Waals surface area contributed by atoms with E-state index in [-0.39, 0.29) is 13.2 Å². The molecular formula is C17H18O4. The van der Waals surface area contributed by atoms with Crippen molar-refractivity contribution in [2.75, 3.05) is 26.4 Å². The van der Waals surface area contributed by atoms with E-state index in [1.807, 2.05) is 24.3 Å². The minimum atomic E-state index is 0.0167. The van der Waals surface area contributed by atoms with Crippen LogP contribution in [0.2, 0.25) is 0 Å². The average molecular weight is 286 g/mol. The first-order chi connectivity index (χ1) is 10.3. The summed E-state index contributed by atoms with van der Waals surface area (Å²) < 4.78 is 10.9. The lowest BCUT2D eigenvalue weighted by Gasteiger charge is -2.07. The summed E-state index contributed by atoms with van der Waals surface area (Å²) in [4.78, 5) is 0. The Hall–Kier alpha value is -2.04. The van der Waals surface area contributed by atoms with Crippen molar-refractivity contribution in [1.82, 2.24) is 0 Å². The second-order valence-electron chi connectivity index (χ2n) is 4.96.